The van der Waals surface area contributed by atoms with Gasteiger partial charge in [0.15, 0.2) is 5.58 Å². The Hall–Kier alpha value is -4.08. The third kappa shape index (κ3) is 2.97. The number of nitrogens with zero attached hydrogens (tertiary/aromatic N) is 1. The average molecular weight is 522 g/mol. The van der Waals surface area contributed by atoms with E-state index in [1.807, 2.05) is 0 Å². The number of rotatable bonds is 2. The van der Waals surface area contributed by atoms with E-state index in [4.69, 9.17) is 4.42 Å². The van der Waals surface area contributed by atoms with Gasteiger partial charge in [-0.3, -0.25) is 0 Å². The third-order valence-corrected chi connectivity index (χ3v) is 10.9. The fraction of sp³-hybridized carbons (Fsp3) is 0.167. The fourth-order valence-electron chi connectivity index (χ4n) is 6.99. The van der Waals surface area contributed by atoms with E-state index in [1.165, 1.54) is 60.0 Å². The Morgan fingerprint density at radius 2 is 1.28 bits per heavy atom. The molecule has 0 unspecified atom stereocenters. The second kappa shape index (κ2) is 7.52. The predicted molar refractivity (Wildman–Crippen MR) is 169 cm³/mol. The van der Waals surface area contributed by atoms with Gasteiger partial charge in [0.05, 0.1) is 24.8 Å². The van der Waals surface area contributed by atoms with Crippen LogP contribution in [0.3, 0.4) is 0 Å². The lowest BCUT2D eigenvalue weighted by atomic mass is 9.82. The van der Waals surface area contributed by atoms with E-state index in [1.54, 1.807) is 0 Å². The molecule has 0 saturated carbocycles. The van der Waals surface area contributed by atoms with E-state index < -0.39 is 8.07 Å². The molecule has 5 aromatic carbocycles. The van der Waals surface area contributed by atoms with Crippen molar-refractivity contribution in [2.45, 2.75) is 38.9 Å². The second-order valence-electron chi connectivity index (χ2n) is 12.6. The third-order valence-electron chi connectivity index (χ3n) is 8.93. The molecule has 0 saturated heterocycles. The van der Waals surface area contributed by atoms with Crippen LogP contribution >= 0.6 is 0 Å². The zero-order valence-electron chi connectivity index (χ0n) is 23.1. The van der Waals surface area contributed by atoms with Crippen molar-refractivity contribution in [1.82, 2.24) is 4.57 Å². The normalized spacial score (nSPS) is 14.5. The zero-order chi connectivity index (χ0) is 26.7. The Morgan fingerprint density at radius 3 is 2.10 bits per heavy atom. The molecule has 190 valence electrons. The maximum Gasteiger partial charge on any atom is 0.159 e. The minimum absolute atomic E-state index is 0.0565. The van der Waals surface area contributed by atoms with E-state index in [9.17, 15) is 0 Å². The van der Waals surface area contributed by atoms with Crippen LogP contribution in [0.5, 0.6) is 0 Å². The van der Waals surface area contributed by atoms with Crippen LogP contribution in [0.4, 0.5) is 0 Å². The number of para-hydroxylation sites is 3. The first-order valence-electron chi connectivity index (χ1n) is 13.9. The quantitative estimate of drug-likeness (QED) is 0.207. The molecule has 0 spiro atoms. The molecule has 0 amide bonds. The Morgan fingerprint density at radius 1 is 0.590 bits per heavy atom. The summed E-state index contributed by atoms with van der Waals surface area (Å²) in [5.41, 5.74) is 11.0. The number of aromatic nitrogens is 1. The summed E-state index contributed by atoms with van der Waals surface area (Å²) in [6.45, 7) is 11.9. The smallest absolute Gasteiger partial charge is 0.159 e. The van der Waals surface area contributed by atoms with E-state index in [2.05, 4.69) is 135 Å². The zero-order valence-corrected chi connectivity index (χ0v) is 24.1. The van der Waals surface area contributed by atoms with E-state index in [-0.39, 0.29) is 5.41 Å². The lowest BCUT2D eigenvalue weighted by Gasteiger charge is -2.21. The van der Waals surface area contributed by atoms with Crippen molar-refractivity contribution in [1.29, 1.82) is 0 Å². The first-order valence-corrected chi connectivity index (χ1v) is 17.4. The lowest BCUT2D eigenvalue weighted by Crippen LogP contribution is -2.37. The number of hydrogen-bond donors (Lipinski definition) is 0. The average Bonchev–Trinajstić information content (AvgIpc) is 3.54. The van der Waals surface area contributed by atoms with E-state index >= 15 is 0 Å². The second-order valence-corrected chi connectivity index (χ2v) is 17.7. The molecular formula is C36H31NOSi. The molecule has 2 heterocycles. The SMILES string of the molecule is CC1(C)c2ccccc2-c2cc3c4ccccc4n(-c4cccc5c4oc4c([Si](C)(C)C)cccc45)c3cc21. The molecule has 0 atom stereocenters. The van der Waals surface area contributed by atoms with Gasteiger partial charge in [-0.05, 0) is 51.7 Å². The Labute approximate surface area is 229 Å². The van der Waals surface area contributed by atoms with Crippen molar-refractivity contribution in [3.63, 3.8) is 0 Å². The van der Waals surface area contributed by atoms with Gasteiger partial charge in [0.25, 0.3) is 0 Å². The summed E-state index contributed by atoms with van der Waals surface area (Å²) in [6.07, 6.45) is 0. The summed E-state index contributed by atoms with van der Waals surface area (Å²) in [6, 6.07) is 35.9. The van der Waals surface area contributed by atoms with Crippen LogP contribution in [-0.2, 0) is 5.41 Å². The topological polar surface area (TPSA) is 18.1 Å². The standard InChI is InChI=1S/C36H31NOSi/c1-36(2)28-16-8-6-12-22(28)26-20-27-23-13-7-9-17-30(23)37(32(27)21-29(26)36)31-18-10-14-24-25-15-11-19-33(39(3,4)5)35(25)38-34(24)31/h6-21H,1-5H3. The number of hydrogen-bond acceptors (Lipinski definition) is 1. The van der Waals surface area contributed by atoms with Crippen molar-refractivity contribution < 1.29 is 4.42 Å². The maximum atomic E-state index is 6.86. The summed E-state index contributed by atoms with van der Waals surface area (Å²) in [4.78, 5) is 0. The first kappa shape index (κ1) is 22.9. The molecule has 8 rings (SSSR count). The molecule has 3 heteroatoms. The summed E-state index contributed by atoms with van der Waals surface area (Å²) in [7, 11) is -1.59. The molecule has 1 aliphatic rings. The van der Waals surface area contributed by atoms with E-state index in [0.717, 1.165) is 16.9 Å². The molecule has 1 aliphatic carbocycles. The van der Waals surface area contributed by atoms with Crippen LogP contribution in [0.25, 0.3) is 60.6 Å². The summed E-state index contributed by atoms with van der Waals surface area (Å²) >= 11 is 0. The molecule has 0 radical (unpaired) electrons. The van der Waals surface area contributed by atoms with Crippen molar-refractivity contribution in [3.8, 4) is 16.8 Å². The van der Waals surface area contributed by atoms with Crippen LogP contribution < -0.4 is 5.19 Å². The minimum Gasteiger partial charge on any atom is -0.454 e. The molecule has 2 aromatic heterocycles. The highest BCUT2D eigenvalue weighted by Crippen LogP contribution is 2.51. The number of furan rings is 1. The summed E-state index contributed by atoms with van der Waals surface area (Å²) in [5.74, 6) is 0. The van der Waals surface area contributed by atoms with Crippen LogP contribution in [0.15, 0.2) is 101 Å². The fourth-order valence-corrected chi connectivity index (χ4v) is 8.46. The highest BCUT2D eigenvalue weighted by Gasteiger charge is 2.36. The minimum atomic E-state index is -1.59. The van der Waals surface area contributed by atoms with Gasteiger partial charge in [-0.25, -0.2) is 0 Å². The summed E-state index contributed by atoms with van der Waals surface area (Å²) in [5, 5.41) is 6.33. The lowest BCUT2D eigenvalue weighted by molar-refractivity contribution is 0.661. The van der Waals surface area contributed by atoms with Gasteiger partial charge in [0.2, 0.25) is 0 Å². The van der Waals surface area contributed by atoms with Gasteiger partial charge in [-0.15, -0.1) is 0 Å². The molecule has 0 fully saturated rings. The Kier molecular flexibility index (Phi) is 4.41. The van der Waals surface area contributed by atoms with Crippen LogP contribution in [0.1, 0.15) is 25.0 Å². The van der Waals surface area contributed by atoms with Crippen LogP contribution in [-0.4, -0.2) is 12.6 Å². The monoisotopic (exact) mass is 521 g/mol. The van der Waals surface area contributed by atoms with E-state index in [0.29, 0.717) is 0 Å². The van der Waals surface area contributed by atoms with Crippen molar-refractivity contribution in [2.75, 3.05) is 0 Å². The maximum absolute atomic E-state index is 6.86. The van der Waals surface area contributed by atoms with Crippen LogP contribution in [0, 0.1) is 0 Å². The molecule has 0 aliphatic heterocycles. The predicted octanol–water partition coefficient (Wildman–Crippen LogP) is 9.53. The molecular weight excluding hydrogens is 490 g/mol. The summed E-state index contributed by atoms with van der Waals surface area (Å²) < 4.78 is 9.29. The molecule has 39 heavy (non-hydrogen) atoms. The largest absolute Gasteiger partial charge is 0.454 e. The van der Waals surface area contributed by atoms with Crippen molar-refractivity contribution in [3.05, 3.63) is 108 Å². The van der Waals surface area contributed by atoms with Crippen LogP contribution in [0.2, 0.25) is 19.6 Å². The van der Waals surface area contributed by atoms with Gasteiger partial charge < -0.3 is 8.98 Å². The number of fused-ring (bicyclic) bond motifs is 9. The Bertz CT molecular complexity index is 2130. The number of benzene rings is 5. The Balaban J connectivity index is 1.51. The molecule has 2 nitrogen and oxygen atoms in total. The molecule has 7 aromatic rings. The van der Waals surface area contributed by atoms with Gasteiger partial charge in [-0.1, -0.05) is 106 Å². The van der Waals surface area contributed by atoms with Gasteiger partial charge in [-0.2, -0.15) is 0 Å². The van der Waals surface area contributed by atoms with Crippen molar-refractivity contribution >= 4 is 57.0 Å². The molecule has 0 N–H and O–H groups in total. The highest BCUT2D eigenvalue weighted by molar-refractivity contribution is 6.90. The van der Waals surface area contributed by atoms with Gasteiger partial charge in [0.1, 0.15) is 5.58 Å². The highest BCUT2D eigenvalue weighted by atomic mass is 28.3. The van der Waals surface area contributed by atoms with Gasteiger partial charge >= 0.3 is 0 Å². The first-order chi connectivity index (χ1) is 18.7. The van der Waals surface area contributed by atoms with Crippen molar-refractivity contribution in [2.24, 2.45) is 0 Å². The van der Waals surface area contributed by atoms with Gasteiger partial charge in [0, 0.05) is 27.0 Å². The molecule has 0 bridgehead atoms.